The minimum Gasteiger partial charge on any atom is -0.465 e. The molecule has 6 heteroatoms. The predicted molar refractivity (Wildman–Crippen MR) is 97.5 cm³/mol. The Kier molecular flexibility index (Phi) is 5.11. The van der Waals surface area contributed by atoms with E-state index in [1.54, 1.807) is 18.3 Å². The second kappa shape index (κ2) is 7.14. The van der Waals surface area contributed by atoms with Gasteiger partial charge in [0.15, 0.2) is 6.04 Å². The van der Waals surface area contributed by atoms with Crippen molar-refractivity contribution in [3.05, 3.63) is 44.9 Å². The minimum absolute atomic E-state index is 0.0641. The van der Waals surface area contributed by atoms with Crippen LogP contribution >= 0.6 is 11.3 Å². The molecular weight excluding hydrogens is 336 g/mol. The number of ketones is 1. The molecule has 0 saturated carbocycles. The highest BCUT2D eigenvalue weighted by Crippen LogP contribution is 2.25. The lowest BCUT2D eigenvalue weighted by Gasteiger charge is -2.26. The van der Waals surface area contributed by atoms with E-state index in [0.717, 1.165) is 19.4 Å². The molecule has 3 heterocycles. The fourth-order valence-corrected chi connectivity index (χ4v) is 4.90. The van der Waals surface area contributed by atoms with E-state index in [1.165, 1.54) is 16.9 Å². The van der Waals surface area contributed by atoms with Crippen LogP contribution in [-0.2, 0) is 4.74 Å². The maximum absolute atomic E-state index is 13.1. The van der Waals surface area contributed by atoms with Gasteiger partial charge in [0.25, 0.3) is 0 Å². The van der Waals surface area contributed by atoms with Crippen LogP contribution < -0.4 is 4.90 Å². The summed E-state index contributed by atoms with van der Waals surface area (Å²) < 4.78 is 4.84. The second-order valence-corrected chi connectivity index (χ2v) is 7.72. The summed E-state index contributed by atoms with van der Waals surface area (Å²) in [5, 5.41) is 2.10. The molecule has 1 saturated heterocycles. The number of nitrogens with one attached hydrogen (secondary N) is 2. The van der Waals surface area contributed by atoms with Crippen molar-refractivity contribution in [3.8, 4) is 0 Å². The molecule has 3 rings (SSSR count). The third kappa shape index (κ3) is 3.16. The van der Waals surface area contributed by atoms with Crippen LogP contribution in [0.3, 0.4) is 0 Å². The number of likely N-dealkylation sites (tertiary alicyclic amines) is 1. The number of Topliss-reactive ketones (excluding diaryl/α,β-unsaturated/α-hetero) is 1. The van der Waals surface area contributed by atoms with Gasteiger partial charge in [0.2, 0.25) is 5.78 Å². The first kappa shape index (κ1) is 17.9. The molecule has 0 aromatic carbocycles. The number of esters is 1. The maximum atomic E-state index is 13.1. The molecule has 5 nitrogen and oxygen atoms in total. The van der Waals surface area contributed by atoms with Gasteiger partial charge in [0, 0.05) is 18.5 Å². The highest BCUT2D eigenvalue weighted by atomic mass is 32.1. The van der Waals surface area contributed by atoms with Gasteiger partial charge in [-0.05, 0) is 37.8 Å². The van der Waals surface area contributed by atoms with Crippen LogP contribution in [0, 0.1) is 13.8 Å². The Bertz CT molecular complexity index is 779. The first-order valence-electron chi connectivity index (χ1n) is 8.66. The Morgan fingerprint density at radius 2 is 2.16 bits per heavy atom. The number of quaternary nitrogens is 1. The molecule has 0 radical (unpaired) electrons. The van der Waals surface area contributed by atoms with E-state index < -0.39 is 5.97 Å². The van der Waals surface area contributed by atoms with Gasteiger partial charge in [0.05, 0.1) is 29.8 Å². The molecule has 1 unspecified atom stereocenters. The number of methoxy groups -OCH3 is 1. The molecule has 0 bridgehead atoms. The average Bonchev–Trinajstić information content (AvgIpc) is 3.32. The number of carbonyl (C=O) groups excluding carboxylic acids is 2. The SMILES string of the molecule is COC(=O)c1c(C)[nH]c(C(=O)[C@@H](C)[NH+]2CCC[C@@H]2c2cccs2)c1C. The lowest BCUT2D eigenvalue weighted by molar-refractivity contribution is -0.931. The van der Waals surface area contributed by atoms with Crippen molar-refractivity contribution in [2.75, 3.05) is 13.7 Å². The third-order valence-corrected chi connectivity index (χ3v) is 6.30. The Hall–Kier alpha value is -1.92. The Balaban J connectivity index is 1.87. The highest BCUT2D eigenvalue weighted by molar-refractivity contribution is 7.10. The summed E-state index contributed by atoms with van der Waals surface area (Å²) in [4.78, 5) is 30.9. The summed E-state index contributed by atoms with van der Waals surface area (Å²) in [5.41, 5.74) is 2.39. The zero-order valence-electron chi connectivity index (χ0n) is 15.1. The molecule has 2 N–H and O–H groups in total. The van der Waals surface area contributed by atoms with Crippen LogP contribution in [-0.4, -0.2) is 36.4 Å². The van der Waals surface area contributed by atoms with Gasteiger partial charge in [-0.25, -0.2) is 4.79 Å². The maximum Gasteiger partial charge on any atom is 0.339 e. The zero-order valence-corrected chi connectivity index (χ0v) is 16.0. The molecule has 2 aromatic heterocycles. The molecular formula is C19H25N2O3S+. The molecule has 1 aliphatic heterocycles. The van der Waals surface area contributed by atoms with Crippen LogP contribution in [0.2, 0.25) is 0 Å². The molecule has 0 aliphatic carbocycles. The van der Waals surface area contributed by atoms with Crippen molar-refractivity contribution < 1.29 is 19.2 Å². The van der Waals surface area contributed by atoms with Crippen LogP contribution in [0.5, 0.6) is 0 Å². The first-order valence-corrected chi connectivity index (χ1v) is 9.54. The van der Waals surface area contributed by atoms with E-state index in [2.05, 4.69) is 22.5 Å². The number of aryl methyl sites for hydroxylation is 1. The predicted octanol–water partition coefficient (Wildman–Crippen LogP) is 2.47. The van der Waals surface area contributed by atoms with E-state index in [4.69, 9.17) is 4.74 Å². The Labute approximate surface area is 152 Å². The molecule has 3 atom stereocenters. The summed E-state index contributed by atoms with van der Waals surface area (Å²) >= 11 is 1.76. The number of hydrogen-bond acceptors (Lipinski definition) is 4. The standard InChI is InChI=1S/C19H24N2O3S/c1-11-16(19(23)24-4)12(2)20-17(11)18(22)13(3)21-9-5-7-14(21)15-8-6-10-25-15/h6,8,10,13-14,20H,5,7,9H2,1-4H3/p+1/t13-,14-/m1/s1. The van der Waals surface area contributed by atoms with Gasteiger partial charge in [-0.15, -0.1) is 11.3 Å². The average molecular weight is 361 g/mol. The van der Waals surface area contributed by atoms with Gasteiger partial charge < -0.3 is 14.6 Å². The number of thiophene rings is 1. The van der Waals surface area contributed by atoms with Gasteiger partial charge in [0.1, 0.15) is 6.04 Å². The number of aromatic amines is 1. The summed E-state index contributed by atoms with van der Waals surface area (Å²) in [6.07, 6.45) is 2.25. The summed E-state index contributed by atoms with van der Waals surface area (Å²) in [5.74, 6) is -0.336. The molecule has 0 amide bonds. The molecule has 1 aliphatic rings. The highest BCUT2D eigenvalue weighted by Gasteiger charge is 2.39. The number of hydrogen-bond donors (Lipinski definition) is 2. The number of carbonyl (C=O) groups is 2. The number of aromatic nitrogens is 1. The first-order chi connectivity index (χ1) is 12.0. The van der Waals surface area contributed by atoms with Gasteiger partial charge in [-0.2, -0.15) is 0 Å². The van der Waals surface area contributed by atoms with Crippen molar-refractivity contribution in [1.82, 2.24) is 4.98 Å². The third-order valence-electron chi connectivity index (χ3n) is 5.32. The number of rotatable bonds is 5. The number of ether oxygens (including phenoxy) is 1. The number of H-pyrrole nitrogens is 1. The normalized spacial score (nSPS) is 21.3. The van der Waals surface area contributed by atoms with E-state index in [9.17, 15) is 9.59 Å². The smallest absolute Gasteiger partial charge is 0.339 e. The molecule has 1 fully saturated rings. The Morgan fingerprint density at radius 3 is 2.80 bits per heavy atom. The van der Waals surface area contributed by atoms with Gasteiger partial charge >= 0.3 is 5.97 Å². The van der Waals surface area contributed by atoms with Crippen LogP contribution in [0.4, 0.5) is 0 Å². The van der Waals surface area contributed by atoms with Crippen molar-refractivity contribution in [2.45, 2.75) is 45.7 Å². The van der Waals surface area contributed by atoms with Crippen molar-refractivity contribution >= 4 is 23.1 Å². The van der Waals surface area contributed by atoms with Gasteiger partial charge in [-0.3, -0.25) is 4.79 Å². The van der Waals surface area contributed by atoms with E-state index in [-0.39, 0.29) is 11.8 Å². The molecule has 25 heavy (non-hydrogen) atoms. The zero-order chi connectivity index (χ0) is 18.1. The summed E-state index contributed by atoms with van der Waals surface area (Å²) in [6, 6.07) is 4.47. The van der Waals surface area contributed by atoms with Crippen molar-refractivity contribution in [2.24, 2.45) is 0 Å². The summed E-state index contributed by atoms with van der Waals surface area (Å²) in [7, 11) is 1.36. The summed E-state index contributed by atoms with van der Waals surface area (Å²) in [6.45, 7) is 6.61. The second-order valence-electron chi connectivity index (χ2n) is 6.74. The van der Waals surface area contributed by atoms with Crippen LogP contribution in [0.25, 0.3) is 0 Å². The van der Waals surface area contributed by atoms with Crippen molar-refractivity contribution in [1.29, 1.82) is 0 Å². The van der Waals surface area contributed by atoms with Crippen LogP contribution in [0.1, 0.15) is 62.8 Å². The lowest BCUT2D eigenvalue weighted by atomic mass is 10.0. The molecule has 134 valence electrons. The van der Waals surface area contributed by atoms with Gasteiger partial charge in [-0.1, -0.05) is 6.07 Å². The molecule has 0 spiro atoms. The topological polar surface area (TPSA) is 63.6 Å². The van der Waals surface area contributed by atoms with Crippen LogP contribution in [0.15, 0.2) is 17.5 Å². The van der Waals surface area contributed by atoms with E-state index >= 15 is 0 Å². The quantitative estimate of drug-likeness (QED) is 0.635. The fourth-order valence-electron chi connectivity index (χ4n) is 3.99. The lowest BCUT2D eigenvalue weighted by Crippen LogP contribution is -3.14. The largest absolute Gasteiger partial charge is 0.465 e. The minimum atomic E-state index is -0.400. The van der Waals surface area contributed by atoms with E-state index in [1.807, 2.05) is 13.8 Å². The Morgan fingerprint density at radius 1 is 1.40 bits per heavy atom. The van der Waals surface area contributed by atoms with E-state index in [0.29, 0.717) is 28.6 Å². The fraction of sp³-hybridized carbons (Fsp3) is 0.474. The van der Waals surface area contributed by atoms with Crippen molar-refractivity contribution in [3.63, 3.8) is 0 Å². The monoisotopic (exact) mass is 361 g/mol. The molecule has 2 aromatic rings.